The number of phenols is 1. The van der Waals surface area contributed by atoms with Crippen molar-refractivity contribution in [3.63, 3.8) is 0 Å². The predicted molar refractivity (Wildman–Crippen MR) is 83.8 cm³/mol. The average Bonchev–Trinajstić information content (AvgIpc) is 2.47. The van der Waals surface area contributed by atoms with Gasteiger partial charge in [0.1, 0.15) is 5.75 Å². The number of rotatable bonds is 1. The SMILES string of the molecule is Cc1cccc(C)n1.O=Cc1c(O)ccc2c1CCCC2. The fraction of sp³-hybridized carbons (Fsp3) is 0.333. The predicted octanol–water partition coefficient (Wildman–Crippen LogP) is 3.78. The molecule has 1 aromatic carbocycles. The maximum absolute atomic E-state index is 10.7. The molecule has 1 aliphatic carbocycles. The topological polar surface area (TPSA) is 50.2 Å². The van der Waals surface area contributed by atoms with Gasteiger partial charge < -0.3 is 5.11 Å². The number of nitrogens with zero attached hydrogens (tertiary/aromatic N) is 1. The van der Waals surface area contributed by atoms with Crippen LogP contribution in [0.5, 0.6) is 5.75 Å². The number of pyridine rings is 1. The molecule has 1 aliphatic rings. The van der Waals surface area contributed by atoms with E-state index in [1.165, 1.54) is 12.0 Å². The number of carbonyl (C=O) groups excluding carboxylic acids is 1. The Hall–Kier alpha value is -2.16. The summed E-state index contributed by atoms with van der Waals surface area (Å²) in [6.45, 7) is 3.99. The van der Waals surface area contributed by atoms with E-state index < -0.39 is 0 Å². The highest BCUT2D eigenvalue weighted by atomic mass is 16.3. The van der Waals surface area contributed by atoms with E-state index in [0.29, 0.717) is 5.56 Å². The minimum absolute atomic E-state index is 0.121. The molecule has 0 atom stereocenters. The van der Waals surface area contributed by atoms with Gasteiger partial charge in [-0.1, -0.05) is 12.1 Å². The van der Waals surface area contributed by atoms with Gasteiger partial charge in [-0.15, -0.1) is 0 Å². The normalized spacial score (nSPS) is 12.9. The summed E-state index contributed by atoms with van der Waals surface area (Å²) in [5.41, 5.74) is 4.96. The third-order valence-corrected chi connectivity index (χ3v) is 3.70. The van der Waals surface area contributed by atoms with Gasteiger partial charge in [-0.05, 0) is 68.9 Å². The molecule has 0 saturated carbocycles. The molecule has 110 valence electrons. The Balaban J connectivity index is 0.000000173. The van der Waals surface area contributed by atoms with E-state index >= 15 is 0 Å². The Kier molecular flexibility index (Phi) is 5.09. The second-order valence-electron chi connectivity index (χ2n) is 5.38. The van der Waals surface area contributed by atoms with Gasteiger partial charge in [0.25, 0.3) is 0 Å². The Bertz CT molecular complexity index is 618. The van der Waals surface area contributed by atoms with Crippen LogP contribution in [0, 0.1) is 13.8 Å². The maximum Gasteiger partial charge on any atom is 0.154 e. The second kappa shape index (κ2) is 7.02. The molecule has 3 heteroatoms. The first kappa shape index (κ1) is 15.2. The third kappa shape index (κ3) is 3.91. The summed E-state index contributed by atoms with van der Waals surface area (Å²) in [6.07, 6.45) is 5.04. The molecule has 0 spiro atoms. The molecule has 3 nitrogen and oxygen atoms in total. The monoisotopic (exact) mass is 283 g/mol. The van der Waals surface area contributed by atoms with Gasteiger partial charge in [-0.25, -0.2) is 0 Å². The zero-order chi connectivity index (χ0) is 15.2. The average molecular weight is 283 g/mol. The Labute approximate surface area is 125 Å². The third-order valence-electron chi connectivity index (χ3n) is 3.70. The Morgan fingerprint density at radius 2 is 1.71 bits per heavy atom. The van der Waals surface area contributed by atoms with Gasteiger partial charge in [0.2, 0.25) is 0 Å². The van der Waals surface area contributed by atoms with E-state index in [0.717, 1.165) is 42.5 Å². The van der Waals surface area contributed by atoms with Crippen molar-refractivity contribution in [2.24, 2.45) is 0 Å². The van der Waals surface area contributed by atoms with Crippen LogP contribution < -0.4 is 0 Å². The van der Waals surface area contributed by atoms with Crippen molar-refractivity contribution in [2.45, 2.75) is 39.5 Å². The fourth-order valence-electron chi connectivity index (χ4n) is 2.65. The Morgan fingerprint density at radius 1 is 1.05 bits per heavy atom. The summed E-state index contributed by atoms with van der Waals surface area (Å²) in [5.74, 6) is 0.121. The van der Waals surface area contributed by atoms with Crippen molar-refractivity contribution in [2.75, 3.05) is 0 Å². The quantitative estimate of drug-likeness (QED) is 0.810. The molecule has 0 unspecified atom stereocenters. The number of hydrogen-bond acceptors (Lipinski definition) is 3. The van der Waals surface area contributed by atoms with Crippen molar-refractivity contribution < 1.29 is 9.90 Å². The van der Waals surface area contributed by atoms with Crippen LogP contribution in [0.4, 0.5) is 0 Å². The van der Waals surface area contributed by atoms with E-state index in [1.807, 2.05) is 38.1 Å². The zero-order valence-corrected chi connectivity index (χ0v) is 12.6. The molecule has 0 aliphatic heterocycles. The van der Waals surface area contributed by atoms with Crippen molar-refractivity contribution in [1.82, 2.24) is 4.98 Å². The fourth-order valence-corrected chi connectivity index (χ4v) is 2.65. The number of phenolic OH excluding ortho intramolecular Hbond substituents is 1. The van der Waals surface area contributed by atoms with Crippen molar-refractivity contribution in [3.8, 4) is 5.75 Å². The van der Waals surface area contributed by atoms with Crippen molar-refractivity contribution >= 4 is 6.29 Å². The number of hydrogen-bond donors (Lipinski definition) is 1. The van der Waals surface area contributed by atoms with E-state index in [-0.39, 0.29) is 5.75 Å². The lowest BCUT2D eigenvalue weighted by molar-refractivity contribution is 0.112. The van der Waals surface area contributed by atoms with Crippen LogP contribution in [-0.2, 0) is 12.8 Å². The van der Waals surface area contributed by atoms with Crippen LogP contribution in [0.15, 0.2) is 30.3 Å². The van der Waals surface area contributed by atoms with E-state index in [1.54, 1.807) is 6.07 Å². The number of benzene rings is 1. The van der Waals surface area contributed by atoms with Gasteiger partial charge in [0.15, 0.2) is 6.29 Å². The molecule has 21 heavy (non-hydrogen) atoms. The number of carbonyl (C=O) groups is 1. The lowest BCUT2D eigenvalue weighted by Gasteiger charge is -2.17. The first-order valence-corrected chi connectivity index (χ1v) is 7.31. The summed E-state index contributed by atoms with van der Waals surface area (Å²) in [4.78, 5) is 14.9. The molecule has 0 bridgehead atoms. The highest BCUT2D eigenvalue weighted by Gasteiger charge is 2.15. The van der Waals surface area contributed by atoms with Crippen molar-refractivity contribution in [1.29, 1.82) is 0 Å². The molecule has 0 radical (unpaired) electrons. The van der Waals surface area contributed by atoms with Gasteiger partial charge in [0, 0.05) is 11.4 Å². The van der Waals surface area contributed by atoms with Crippen LogP contribution in [0.1, 0.15) is 45.7 Å². The molecule has 1 aromatic heterocycles. The molecule has 0 fully saturated rings. The minimum atomic E-state index is 0.121. The second-order valence-corrected chi connectivity index (χ2v) is 5.38. The summed E-state index contributed by atoms with van der Waals surface area (Å²) >= 11 is 0. The van der Waals surface area contributed by atoms with Crippen LogP contribution in [-0.4, -0.2) is 16.4 Å². The maximum atomic E-state index is 10.7. The summed E-state index contributed by atoms with van der Waals surface area (Å²) in [5, 5.41) is 9.44. The van der Waals surface area contributed by atoms with Gasteiger partial charge in [-0.2, -0.15) is 0 Å². The molecular weight excluding hydrogens is 262 g/mol. The van der Waals surface area contributed by atoms with Crippen molar-refractivity contribution in [3.05, 3.63) is 58.4 Å². The highest BCUT2D eigenvalue weighted by molar-refractivity contribution is 5.82. The molecule has 0 amide bonds. The number of aromatic nitrogens is 1. The van der Waals surface area contributed by atoms with E-state index in [4.69, 9.17) is 0 Å². The van der Waals surface area contributed by atoms with Crippen LogP contribution >= 0.6 is 0 Å². The number of aryl methyl sites for hydroxylation is 3. The molecule has 3 rings (SSSR count). The van der Waals surface area contributed by atoms with Gasteiger partial charge in [0.05, 0.1) is 5.56 Å². The lowest BCUT2D eigenvalue weighted by atomic mass is 9.88. The number of aldehydes is 1. The summed E-state index contributed by atoms with van der Waals surface area (Å²) in [7, 11) is 0. The first-order chi connectivity index (χ1) is 10.1. The van der Waals surface area contributed by atoms with Crippen LogP contribution in [0.25, 0.3) is 0 Å². The Morgan fingerprint density at radius 3 is 2.29 bits per heavy atom. The summed E-state index contributed by atoms with van der Waals surface area (Å²) in [6, 6.07) is 9.54. The zero-order valence-electron chi connectivity index (χ0n) is 12.6. The smallest absolute Gasteiger partial charge is 0.154 e. The van der Waals surface area contributed by atoms with Crippen LogP contribution in [0.2, 0.25) is 0 Å². The van der Waals surface area contributed by atoms with Crippen LogP contribution in [0.3, 0.4) is 0 Å². The molecule has 1 N–H and O–H groups in total. The largest absolute Gasteiger partial charge is 0.507 e. The van der Waals surface area contributed by atoms with Gasteiger partial charge >= 0.3 is 0 Å². The first-order valence-electron chi connectivity index (χ1n) is 7.31. The highest BCUT2D eigenvalue weighted by Crippen LogP contribution is 2.28. The molecule has 1 heterocycles. The lowest BCUT2D eigenvalue weighted by Crippen LogP contribution is -2.05. The minimum Gasteiger partial charge on any atom is -0.507 e. The molecule has 2 aromatic rings. The standard InChI is InChI=1S/C11H12O2.C7H9N/c12-7-10-9-4-2-1-3-8(9)5-6-11(10)13;1-6-4-3-5-7(2)8-6/h5-7,13H,1-4H2;3-5H,1-2H3. The van der Waals surface area contributed by atoms with Gasteiger partial charge in [-0.3, -0.25) is 9.78 Å². The molecule has 0 saturated heterocycles. The van der Waals surface area contributed by atoms with E-state index in [9.17, 15) is 9.90 Å². The molecular formula is C18H21NO2. The van der Waals surface area contributed by atoms with E-state index in [2.05, 4.69) is 4.98 Å². The number of fused-ring (bicyclic) bond motifs is 1. The number of aromatic hydroxyl groups is 1. The summed E-state index contributed by atoms with van der Waals surface area (Å²) < 4.78 is 0.